The van der Waals surface area contributed by atoms with Gasteiger partial charge in [0.1, 0.15) is 11.9 Å². The first-order valence-corrected chi connectivity index (χ1v) is 10.6. The van der Waals surface area contributed by atoms with Crippen molar-refractivity contribution in [2.24, 2.45) is 0 Å². The summed E-state index contributed by atoms with van der Waals surface area (Å²) in [6.07, 6.45) is 2.79. The van der Waals surface area contributed by atoms with Gasteiger partial charge < -0.3 is 4.90 Å². The molecule has 0 saturated carbocycles. The molecule has 1 unspecified atom stereocenters. The van der Waals surface area contributed by atoms with Crippen molar-refractivity contribution in [2.75, 3.05) is 18.0 Å². The minimum atomic E-state index is -3.86. The second-order valence-corrected chi connectivity index (χ2v) is 8.84. The molecule has 1 saturated heterocycles. The highest BCUT2D eigenvalue weighted by atomic mass is 32.2. The summed E-state index contributed by atoms with van der Waals surface area (Å²) in [5, 5.41) is 0. The van der Waals surface area contributed by atoms with Crippen molar-refractivity contribution in [2.45, 2.75) is 36.6 Å². The van der Waals surface area contributed by atoms with Gasteiger partial charge in [-0.15, -0.1) is 0 Å². The molecule has 2 heterocycles. The first-order valence-electron chi connectivity index (χ1n) is 9.15. The van der Waals surface area contributed by atoms with Crippen molar-refractivity contribution < 1.29 is 17.6 Å². The molecule has 2 aliphatic heterocycles. The Morgan fingerprint density at radius 2 is 1.74 bits per heavy atom. The van der Waals surface area contributed by atoms with Crippen LogP contribution < -0.4 is 4.90 Å². The van der Waals surface area contributed by atoms with E-state index in [-0.39, 0.29) is 10.8 Å². The van der Waals surface area contributed by atoms with E-state index in [2.05, 4.69) is 0 Å². The average Bonchev–Trinajstić information content (AvgIpc) is 3.12. The molecule has 27 heavy (non-hydrogen) atoms. The molecule has 0 N–H and O–H groups in total. The predicted molar refractivity (Wildman–Crippen MR) is 100 cm³/mol. The number of fused-ring (bicyclic) bond motifs is 1. The number of carbonyl (C=O) groups excluding carboxylic acids is 1. The van der Waals surface area contributed by atoms with Gasteiger partial charge in [0.05, 0.1) is 4.90 Å². The van der Waals surface area contributed by atoms with E-state index in [4.69, 9.17) is 0 Å². The maximum absolute atomic E-state index is 13.3. The molecule has 0 aromatic heterocycles. The van der Waals surface area contributed by atoms with E-state index in [0.29, 0.717) is 25.9 Å². The summed E-state index contributed by atoms with van der Waals surface area (Å²) in [6.45, 7) is 0.866. The van der Waals surface area contributed by atoms with Crippen molar-refractivity contribution >= 4 is 21.6 Å². The third-order valence-electron chi connectivity index (χ3n) is 5.31. The van der Waals surface area contributed by atoms with E-state index < -0.39 is 21.9 Å². The number of hydrogen-bond acceptors (Lipinski definition) is 3. The van der Waals surface area contributed by atoms with Gasteiger partial charge in [-0.3, -0.25) is 4.79 Å². The molecule has 2 aromatic rings. The number of benzene rings is 2. The number of nitrogens with zero attached hydrogens (tertiary/aromatic N) is 2. The normalized spacial score (nSPS) is 20.5. The lowest BCUT2D eigenvalue weighted by Crippen LogP contribution is -2.52. The van der Waals surface area contributed by atoms with Crippen molar-refractivity contribution in [1.82, 2.24) is 4.31 Å². The number of piperidine rings is 1. The Morgan fingerprint density at radius 3 is 2.52 bits per heavy atom. The Hall–Kier alpha value is -2.25. The lowest BCUT2D eigenvalue weighted by atomic mass is 10.0. The van der Waals surface area contributed by atoms with Crippen LogP contribution in [0.15, 0.2) is 53.4 Å². The highest BCUT2D eigenvalue weighted by Gasteiger charge is 2.40. The summed E-state index contributed by atoms with van der Waals surface area (Å²) in [6, 6.07) is 11.8. The van der Waals surface area contributed by atoms with Crippen LogP contribution in [-0.4, -0.2) is 37.8 Å². The Balaban J connectivity index is 1.65. The number of halogens is 1. The van der Waals surface area contributed by atoms with Crippen LogP contribution in [-0.2, 0) is 21.2 Å². The van der Waals surface area contributed by atoms with Gasteiger partial charge in [0.15, 0.2) is 0 Å². The Labute approximate surface area is 158 Å². The number of carbonyl (C=O) groups is 1. The zero-order valence-corrected chi connectivity index (χ0v) is 15.7. The third-order valence-corrected chi connectivity index (χ3v) is 7.23. The zero-order chi connectivity index (χ0) is 19.0. The molecule has 1 amide bonds. The first kappa shape index (κ1) is 18.1. The second kappa shape index (κ2) is 7.05. The van der Waals surface area contributed by atoms with Gasteiger partial charge in [-0.1, -0.05) is 24.6 Å². The van der Waals surface area contributed by atoms with Gasteiger partial charge >= 0.3 is 0 Å². The molecule has 2 aliphatic rings. The Kier molecular flexibility index (Phi) is 4.74. The summed E-state index contributed by atoms with van der Waals surface area (Å²) >= 11 is 0. The monoisotopic (exact) mass is 388 g/mol. The minimum Gasteiger partial charge on any atom is -0.310 e. The summed E-state index contributed by atoms with van der Waals surface area (Å²) in [5.41, 5.74) is 1.97. The molecule has 2 aromatic carbocycles. The molecular formula is C20H21FN2O3S. The molecule has 0 radical (unpaired) electrons. The van der Waals surface area contributed by atoms with Gasteiger partial charge in [-0.05, 0) is 55.2 Å². The molecule has 0 aliphatic carbocycles. The highest BCUT2D eigenvalue weighted by Crippen LogP contribution is 2.32. The van der Waals surface area contributed by atoms with Crippen LogP contribution in [0.4, 0.5) is 10.1 Å². The minimum absolute atomic E-state index is 0.0189. The van der Waals surface area contributed by atoms with Gasteiger partial charge in [-0.25, -0.2) is 12.8 Å². The van der Waals surface area contributed by atoms with Crippen LogP contribution in [0.3, 0.4) is 0 Å². The zero-order valence-electron chi connectivity index (χ0n) is 14.8. The fourth-order valence-corrected chi connectivity index (χ4v) is 5.58. The quantitative estimate of drug-likeness (QED) is 0.812. The summed E-state index contributed by atoms with van der Waals surface area (Å²) in [7, 11) is -3.86. The van der Waals surface area contributed by atoms with E-state index in [1.165, 1.54) is 16.4 Å². The number of amides is 1. The van der Waals surface area contributed by atoms with E-state index in [9.17, 15) is 17.6 Å². The SMILES string of the molecule is O=C(C1CCCCN1S(=O)(=O)c1ccc(F)cc1)N1CCc2ccccc21. The van der Waals surface area contributed by atoms with Gasteiger partial charge in [0, 0.05) is 18.8 Å². The van der Waals surface area contributed by atoms with Gasteiger partial charge in [0.25, 0.3) is 0 Å². The number of sulfonamides is 1. The third kappa shape index (κ3) is 3.26. The molecule has 0 bridgehead atoms. The van der Waals surface area contributed by atoms with Crippen LogP contribution in [0.2, 0.25) is 0 Å². The van der Waals surface area contributed by atoms with Crippen molar-refractivity contribution in [3.63, 3.8) is 0 Å². The molecular weight excluding hydrogens is 367 g/mol. The summed E-state index contributed by atoms with van der Waals surface area (Å²) in [5.74, 6) is -0.667. The van der Waals surface area contributed by atoms with Gasteiger partial charge in [-0.2, -0.15) is 4.31 Å². The molecule has 1 atom stereocenters. The number of hydrogen-bond donors (Lipinski definition) is 0. The Morgan fingerprint density at radius 1 is 1.00 bits per heavy atom. The van der Waals surface area contributed by atoms with Gasteiger partial charge in [0.2, 0.25) is 15.9 Å². The molecule has 0 spiro atoms. The van der Waals surface area contributed by atoms with Crippen molar-refractivity contribution in [3.8, 4) is 0 Å². The maximum Gasteiger partial charge on any atom is 0.245 e. The fourth-order valence-electron chi connectivity index (χ4n) is 3.93. The first-order chi connectivity index (χ1) is 13.0. The summed E-state index contributed by atoms with van der Waals surface area (Å²) < 4.78 is 40.7. The topological polar surface area (TPSA) is 57.7 Å². The lowest BCUT2D eigenvalue weighted by molar-refractivity contribution is -0.123. The number of anilines is 1. The van der Waals surface area contributed by atoms with Crippen LogP contribution in [0, 0.1) is 5.82 Å². The van der Waals surface area contributed by atoms with Crippen molar-refractivity contribution in [1.29, 1.82) is 0 Å². The largest absolute Gasteiger partial charge is 0.310 e. The fraction of sp³-hybridized carbons (Fsp3) is 0.350. The van der Waals surface area contributed by atoms with Crippen LogP contribution in [0.1, 0.15) is 24.8 Å². The smallest absolute Gasteiger partial charge is 0.245 e. The van der Waals surface area contributed by atoms with E-state index in [1.54, 1.807) is 4.90 Å². The highest BCUT2D eigenvalue weighted by molar-refractivity contribution is 7.89. The summed E-state index contributed by atoms with van der Waals surface area (Å²) in [4.78, 5) is 15.0. The second-order valence-electron chi connectivity index (χ2n) is 6.95. The standard InChI is InChI=1S/C20H21FN2O3S/c21-16-8-10-17(11-9-16)27(25,26)23-13-4-3-7-19(23)20(24)22-14-12-15-5-1-2-6-18(15)22/h1-2,5-6,8-11,19H,3-4,7,12-14H2. The number of para-hydroxylation sites is 1. The molecule has 1 fully saturated rings. The van der Waals surface area contributed by atoms with Crippen molar-refractivity contribution in [3.05, 3.63) is 59.9 Å². The van der Waals surface area contributed by atoms with E-state index >= 15 is 0 Å². The number of rotatable bonds is 3. The molecule has 4 rings (SSSR count). The van der Waals surface area contributed by atoms with Crippen LogP contribution in [0.5, 0.6) is 0 Å². The molecule has 7 heteroatoms. The predicted octanol–water partition coefficient (Wildman–Crippen LogP) is 2.96. The average molecular weight is 388 g/mol. The van der Waals surface area contributed by atoms with E-state index in [0.717, 1.165) is 36.2 Å². The van der Waals surface area contributed by atoms with Crippen LogP contribution >= 0.6 is 0 Å². The van der Waals surface area contributed by atoms with E-state index in [1.807, 2.05) is 24.3 Å². The lowest BCUT2D eigenvalue weighted by Gasteiger charge is -2.36. The molecule has 142 valence electrons. The Bertz CT molecular complexity index is 959. The molecule has 5 nitrogen and oxygen atoms in total. The maximum atomic E-state index is 13.3. The van der Waals surface area contributed by atoms with Crippen LogP contribution in [0.25, 0.3) is 0 Å².